The van der Waals surface area contributed by atoms with Crippen molar-refractivity contribution in [2.24, 2.45) is 0 Å². The fourth-order valence-corrected chi connectivity index (χ4v) is 3.46. The highest BCUT2D eigenvalue weighted by molar-refractivity contribution is 5.77. The lowest BCUT2D eigenvalue weighted by Crippen LogP contribution is -2.45. The second-order valence-electron chi connectivity index (χ2n) is 7.16. The molecule has 5 heteroatoms. The maximum atomic E-state index is 13.1. The molecule has 2 aromatic rings. The zero-order valence-corrected chi connectivity index (χ0v) is 16.8. The summed E-state index contributed by atoms with van der Waals surface area (Å²) in [7, 11) is 1.66. The number of hydrogen-bond acceptors (Lipinski definition) is 4. The van der Waals surface area contributed by atoms with Gasteiger partial charge in [-0.3, -0.25) is 4.79 Å². The van der Waals surface area contributed by atoms with Gasteiger partial charge in [-0.1, -0.05) is 49.4 Å². The maximum absolute atomic E-state index is 13.1. The summed E-state index contributed by atoms with van der Waals surface area (Å²) < 4.78 is 11.0. The summed E-state index contributed by atoms with van der Waals surface area (Å²) in [5, 5.41) is 3.37. The van der Waals surface area contributed by atoms with E-state index >= 15 is 0 Å². The second kappa shape index (κ2) is 10.2. The van der Waals surface area contributed by atoms with Gasteiger partial charge in [0.2, 0.25) is 5.91 Å². The normalized spacial score (nSPS) is 16.6. The van der Waals surface area contributed by atoms with E-state index in [0.29, 0.717) is 32.7 Å². The lowest BCUT2D eigenvalue weighted by Gasteiger charge is -2.28. The molecule has 1 saturated heterocycles. The van der Waals surface area contributed by atoms with Crippen molar-refractivity contribution in [1.82, 2.24) is 10.2 Å². The monoisotopic (exact) mass is 382 g/mol. The fraction of sp³-hybridized carbons (Fsp3) is 0.435. The molecule has 1 aliphatic heterocycles. The minimum absolute atomic E-state index is 0.0730. The number of amides is 1. The molecule has 1 fully saturated rings. The highest BCUT2D eigenvalue weighted by Crippen LogP contribution is 2.21. The Morgan fingerprint density at radius 3 is 2.57 bits per heavy atom. The molecule has 28 heavy (non-hydrogen) atoms. The summed E-state index contributed by atoms with van der Waals surface area (Å²) in [5.41, 5.74) is 3.44. The topological polar surface area (TPSA) is 50.8 Å². The van der Waals surface area contributed by atoms with Crippen LogP contribution in [-0.4, -0.2) is 43.7 Å². The first-order valence-electron chi connectivity index (χ1n) is 9.98. The van der Waals surface area contributed by atoms with Gasteiger partial charge in [0.25, 0.3) is 0 Å². The number of carbonyl (C=O) groups is 1. The van der Waals surface area contributed by atoms with Gasteiger partial charge in [-0.05, 0) is 23.6 Å². The Morgan fingerprint density at radius 2 is 1.89 bits per heavy atom. The third-order valence-corrected chi connectivity index (χ3v) is 5.13. The predicted molar refractivity (Wildman–Crippen MR) is 110 cm³/mol. The van der Waals surface area contributed by atoms with Gasteiger partial charge >= 0.3 is 0 Å². The quantitative estimate of drug-likeness (QED) is 0.762. The predicted octanol–water partition coefficient (Wildman–Crippen LogP) is 3.16. The van der Waals surface area contributed by atoms with Crippen LogP contribution >= 0.6 is 0 Å². The smallest absolute Gasteiger partial charge is 0.224 e. The molecule has 1 unspecified atom stereocenters. The van der Waals surface area contributed by atoms with Crippen molar-refractivity contribution in [3.63, 3.8) is 0 Å². The molecule has 150 valence electrons. The number of ether oxygens (including phenoxy) is 2. The van der Waals surface area contributed by atoms with Gasteiger partial charge in [-0.25, -0.2) is 0 Å². The Morgan fingerprint density at radius 1 is 1.14 bits per heavy atom. The summed E-state index contributed by atoms with van der Waals surface area (Å²) in [5.74, 6) is 0.925. The Balaban J connectivity index is 1.76. The van der Waals surface area contributed by atoms with E-state index in [1.54, 1.807) is 7.11 Å². The number of para-hydroxylation sites is 1. The maximum Gasteiger partial charge on any atom is 0.224 e. The summed E-state index contributed by atoms with van der Waals surface area (Å²) in [6.07, 6.45) is 1.44. The van der Waals surface area contributed by atoms with Gasteiger partial charge in [0.15, 0.2) is 0 Å². The van der Waals surface area contributed by atoms with E-state index in [1.807, 2.05) is 29.2 Å². The van der Waals surface area contributed by atoms with Crippen molar-refractivity contribution in [1.29, 1.82) is 0 Å². The van der Waals surface area contributed by atoms with Crippen molar-refractivity contribution in [3.8, 4) is 5.75 Å². The first-order valence-corrected chi connectivity index (χ1v) is 9.98. The van der Waals surface area contributed by atoms with Crippen LogP contribution in [0.3, 0.4) is 0 Å². The summed E-state index contributed by atoms with van der Waals surface area (Å²) >= 11 is 0. The molecule has 1 atom stereocenters. The molecule has 2 aromatic carbocycles. The molecular formula is C23H30N2O3. The molecule has 0 saturated carbocycles. The molecule has 0 radical (unpaired) electrons. The summed E-state index contributed by atoms with van der Waals surface area (Å²) in [6, 6.07) is 16.5. The highest BCUT2D eigenvalue weighted by Gasteiger charge is 2.22. The number of carbonyl (C=O) groups excluding carboxylic acids is 1. The molecule has 1 amide bonds. The van der Waals surface area contributed by atoms with Crippen LogP contribution in [0.15, 0.2) is 48.5 Å². The second-order valence-corrected chi connectivity index (χ2v) is 7.16. The van der Waals surface area contributed by atoms with Crippen molar-refractivity contribution >= 4 is 5.91 Å². The molecule has 3 rings (SSSR count). The number of benzene rings is 2. The van der Waals surface area contributed by atoms with E-state index < -0.39 is 0 Å². The summed E-state index contributed by atoms with van der Waals surface area (Å²) in [4.78, 5) is 15.0. The lowest BCUT2D eigenvalue weighted by atomic mass is 10.1. The van der Waals surface area contributed by atoms with Gasteiger partial charge in [-0.15, -0.1) is 0 Å². The lowest BCUT2D eigenvalue weighted by molar-refractivity contribution is -0.133. The van der Waals surface area contributed by atoms with Crippen LogP contribution in [0.25, 0.3) is 0 Å². The van der Waals surface area contributed by atoms with Crippen LogP contribution in [-0.2, 0) is 29.0 Å². The molecule has 1 heterocycles. The Hall–Kier alpha value is -2.37. The van der Waals surface area contributed by atoms with Crippen molar-refractivity contribution in [2.75, 3.05) is 26.9 Å². The zero-order chi connectivity index (χ0) is 19.8. The molecule has 5 nitrogen and oxygen atoms in total. The standard InChI is InChI=1S/C23H30N2O3/c1-3-18-8-10-19(11-9-18)15-25(16-20-6-4-5-7-22(20)27-2)23(26)14-21-17-28-13-12-24-21/h4-11,21,24H,3,12-17H2,1-2H3. The minimum atomic E-state index is 0.0730. The average molecular weight is 383 g/mol. The number of rotatable bonds is 8. The number of morpholine rings is 1. The van der Waals surface area contributed by atoms with E-state index in [0.717, 1.165) is 29.8 Å². The van der Waals surface area contributed by atoms with Gasteiger partial charge in [0, 0.05) is 37.7 Å². The van der Waals surface area contributed by atoms with Crippen molar-refractivity contribution in [3.05, 3.63) is 65.2 Å². The van der Waals surface area contributed by atoms with Crippen LogP contribution in [0.2, 0.25) is 0 Å². The fourth-order valence-electron chi connectivity index (χ4n) is 3.46. The van der Waals surface area contributed by atoms with Crippen LogP contribution in [0, 0.1) is 0 Å². The van der Waals surface area contributed by atoms with Crippen LogP contribution in [0.5, 0.6) is 5.75 Å². The molecule has 0 aliphatic carbocycles. The van der Waals surface area contributed by atoms with E-state index in [4.69, 9.17) is 9.47 Å². The minimum Gasteiger partial charge on any atom is -0.496 e. The van der Waals surface area contributed by atoms with Gasteiger partial charge in [0.05, 0.1) is 20.3 Å². The number of nitrogens with zero attached hydrogens (tertiary/aromatic N) is 1. The van der Waals surface area contributed by atoms with E-state index in [-0.39, 0.29) is 11.9 Å². The first kappa shape index (κ1) is 20.4. The van der Waals surface area contributed by atoms with Gasteiger partial charge in [-0.2, -0.15) is 0 Å². The largest absolute Gasteiger partial charge is 0.496 e. The average Bonchev–Trinajstić information content (AvgIpc) is 2.75. The Kier molecular flexibility index (Phi) is 7.46. The number of aryl methyl sites for hydroxylation is 1. The molecule has 1 aliphatic rings. The van der Waals surface area contributed by atoms with E-state index in [1.165, 1.54) is 5.56 Å². The Bertz CT molecular complexity index is 755. The van der Waals surface area contributed by atoms with Gasteiger partial charge < -0.3 is 19.7 Å². The van der Waals surface area contributed by atoms with Crippen molar-refractivity contribution < 1.29 is 14.3 Å². The SMILES string of the molecule is CCc1ccc(CN(Cc2ccccc2OC)C(=O)CC2COCCN2)cc1. The zero-order valence-electron chi connectivity index (χ0n) is 16.8. The van der Waals surface area contributed by atoms with Crippen LogP contribution in [0.1, 0.15) is 30.0 Å². The van der Waals surface area contributed by atoms with E-state index in [2.05, 4.69) is 36.5 Å². The first-order chi connectivity index (χ1) is 13.7. The summed E-state index contributed by atoms with van der Waals surface area (Å²) in [6.45, 7) is 5.33. The Labute approximate surface area is 167 Å². The number of hydrogen-bond donors (Lipinski definition) is 1. The molecule has 0 bridgehead atoms. The van der Waals surface area contributed by atoms with Crippen molar-refractivity contribution in [2.45, 2.75) is 38.9 Å². The van der Waals surface area contributed by atoms with E-state index in [9.17, 15) is 4.79 Å². The number of nitrogens with one attached hydrogen (secondary N) is 1. The van der Waals surface area contributed by atoms with Crippen LogP contribution in [0.4, 0.5) is 0 Å². The third kappa shape index (κ3) is 5.57. The van der Waals surface area contributed by atoms with Crippen LogP contribution < -0.4 is 10.1 Å². The molecule has 0 aromatic heterocycles. The third-order valence-electron chi connectivity index (χ3n) is 5.13. The van der Waals surface area contributed by atoms with Gasteiger partial charge in [0.1, 0.15) is 5.75 Å². The highest BCUT2D eigenvalue weighted by atomic mass is 16.5. The molecule has 0 spiro atoms. The molecule has 1 N–H and O–H groups in total. The number of methoxy groups -OCH3 is 1. The molecular weight excluding hydrogens is 352 g/mol.